The van der Waals surface area contributed by atoms with Gasteiger partial charge in [-0.15, -0.1) is 0 Å². The minimum atomic E-state index is -0.469. The maximum absolute atomic E-state index is 12.1. The van der Waals surface area contributed by atoms with E-state index >= 15 is 0 Å². The predicted molar refractivity (Wildman–Crippen MR) is 80.4 cm³/mol. The molecule has 2 heterocycles. The average molecular weight is 292 g/mol. The summed E-state index contributed by atoms with van der Waals surface area (Å²) in [5, 5.41) is 0. The van der Waals surface area contributed by atoms with E-state index in [1.807, 2.05) is 39.8 Å². The summed E-state index contributed by atoms with van der Waals surface area (Å²) < 4.78 is 11.3. The first-order valence-electron chi connectivity index (χ1n) is 7.41. The van der Waals surface area contributed by atoms with Crippen LogP contribution in [0, 0.1) is 6.92 Å². The van der Waals surface area contributed by atoms with E-state index in [4.69, 9.17) is 9.47 Å². The zero-order valence-corrected chi connectivity index (χ0v) is 13.3. The Morgan fingerprint density at radius 3 is 2.86 bits per heavy atom. The second-order valence-corrected chi connectivity index (χ2v) is 6.48. The summed E-state index contributed by atoms with van der Waals surface area (Å²) in [4.78, 5) is 18.0. The number of nitrogens with zero attached hydrogens (tertiary/aromatic N) is 2. The topological polar surface area (TPSA) is 51.7 Å². The van der Waals surface area contributed by atoms with Crippen molar-refractivity contribution in [2.24, 2.45) is 0 Å². The molecular formula is C16H24N2O3. The minimum Gasteiger partial charge on any atom is -0.472 e. The Hall–Kier alpha value is -1.78. The molecule has 0 aliphatic carbocycles. The smallest absolute Gasteiger partial charge is 0.410 e. The van der Waals surface area contributed by atoms with Crippen LogP contribution in [0.15, 0.2) is 18.3 Å². The van der Waals surface area contributed by atoms with Crippen molar-refractivity contribution in [1.29, 1.82) is 0 Å². The van der Waals surface area contributed by atoms with Crippen LogP contribution in [0.3, 0.4) is 0 Å². The summed E-state index contributed by atoms with van der Waals surface area (Å²) in [6.07, 6.45) is 3.28. The fraction of sp³-hybridized carbons (Fsp3) is 0.625. The van der Waals surface area contributed by atoms with Crippen molar-refractivity contribution < 1.29 is 14.3 Å². The maximum atomic E-state index is 12.1. The molecule has 1 aromatic rings. The summed E-state index contributed by atoms with van der Waals surface area (Å²) in [6.45, 7) is 8.89. The lowest BCUT2D eigenvalue weighted by Crippen LogP contribution is -2.46. The van der Waals surface area contributed by atoms with E-state index < -0.39 is 5.60 Å². The first-order valence-corrected chi connectivity index (χ1v) is 7.41. The van der Waals surface area contributed by atoms with Gasteiger partial charge in [-0.3, -0.25) is 0 Å². The van der Waals surface area contributed by atoms with Crippen LogP contribution in [0.4, 0.5) is 4.79 Å². The second kappa shape index (κ2) is 6.33. The van der Waals surface area contributed by atoms with Gasteiger partial charge in [-0.2, -0.15) is 0 Å². The highest BCUT2D eigenvalue weighted by Gasteiger charge is 2.28. The number of piperidine rings is 1. The molecule has 1 amide bonds. The monoisotopic (exact) mass is 292 g/mol. The Morgan fingerprint density at radius 1 is 1.43 bits per heavy atom. The Bertz CT molecular complexity index is 497. The standard InChI is InChI=1S/C16H24N2O3/c1-12-7-8-17-14(10-12)20-13-6-5-9-18(11-13)15(19)21-16(2,3)4/h7-8,10,13H,5-6,9,11H2,1-4H3/t13-/m1/s1. The van der Waals surface area contributed by atoms with Crippen LogP contribution < -0.4 is 4.74 Å². The number of ether oxygens (including phenoxy) is 2. The molecule has 1 atom stereocenters. The van der Waals surface area contributed by atoms with Gasteiger partial charge >= 0.3 is 6.09 Å². The highest BCUT2D eigenvalue weighted by molar-refractivity contribution is 5.68. The molecule has 21 heavy (non-hydrogen) atoms. The highest BCUT2D eigenvalue weighted by Crippen LogP contribution is 2.19. The number of hydrogen-bond donors (Lipinski definition) is 0. The SMILES string of the molecule is Cc1ccnc(O[C@@H]2CCCN(C(=O)OC(C)(C)C)C2)c1. The molecule has 1 fully saturated rings. The molecule has 0 unspecified atom stereocenters. The first-order chi connectivity index (χ1) is 9.83. The number of amides is 1. The number of carbonyl (C=O) groups is 1. The van der Waals surface area contributed by atoms with Crippen molar-refractivity contribution in [1.82, 2.24) is 9.88 Å². The van der Waals surface area contributed by atoms with Crippen molar-refractivity contribution in [3.63, 3.8) is 0 Å². The lowest BCUT2D eigenvalue weighted by atomic mass is 10.1. The molecule has 1 aromatic heterocycles. The molecule has 1 aliphatic rings. The number of aryl methyl sites for hydroxylation is 1. The molecule has 0 bridgehead atoms. The fourth-order valence-corrected chi connectivity index (χ4v) is 2.27. The molecule has 1 aliphatic heterocycles. The Kier molecular flexibility index (Phi) is 4.70. The van der Waals surface area contributed by atoms with Gasteiger partial charge in [-0.1, -0.05) is 0 Å². The third-order valence-electron chi connectivity index (χ3n) is 3.21. The molecule has 5 heteroatoms. The van der Waals surface area contributed by atoms with Crippen LogP contribution >= 0.6 is 0 Å². The quantitative estimate of drug-likeness (QED) is 0.840. The lowest BCUT2D eigenvalue weighted by molar-refractivity contribution is 0.00721. The zero-order chi connectivity index (χ0) is 15.5. The zero-order valence-electron chi connectivity index (χ0n) is 13.3. The number of likely N-dealkylation sites (tertiary alicyclic amines) is 1. The molecule has 1 saturated heterocycles. The maximum Gasteiger partial charge on any atom is 0.410 e. The summed E-state index contributed by atoms with van der Waals surface area (Å²) >= 11 is 0. The van der Waals surface area contributed by atoms with Crippen molar-refractivity contribution in [2.45, 2.75) is 52.2 Å². The lowest BCUT2D eigenvalue weighted by Gasteiger charge is -2.33. The highest BCUT2D eigenvalue weighted by atomic mass is 16.6. The predicted octanol–water partition coefficient (Wildman–Crippen LogP) is 3.17. The van der Waals surface area contributed by atoms with E-state index in [1.54, 1.807) is 11.1 Å². The van der Waals surface area contributed by atoms with Crippen LogP contribution in [-0.4, -0.2) is 40.8 Å². The summed E-state index contributed by atoms with van der Waals surface area (Å²) in [5.41, 5.74) is 0.642. The molecule has 2 rings (SSSR count). The van der Waals surface area contributed by atoms with Crippen molar-refractivity contribution in [3.8, 4) is 5.88 Å². The van der Waals surface area contributed by atoms with Gasteiger partial charge in [-0.25, -0.2) is 9.78 Å². The van der Waals surface area contributed by atoms with Gasteiger partial charge < -0.3 is 14.4 Å². The Balaban J connectivity index is 1.93. The van der Waals surface area contributed by atoms with Crippen LogP contribution in [0.1, 0.15) is 39.2 Å². The molecule has 116 valence electrons. The molecule has 5 nitrogen and oxygen atoms in total. The van der Waals surface area contributed by atoms with E-state index in [9.17, 15) is 4.79 Å². The van der Waals surface area contributed by atoms with Gasteiger partial charge in [0.1, 0.15) is 11.7 Å². The Morgan fingerprint density at radius 2 is 2.19 bits per heavy atom. The summed E-state index contributed by atoms with van der Waals surface area (Å²) in [5.74, 6) is 0.617. The Labute approximate surface area is 126 Å². The largest absolute Gasteiger partial charge is 0.472 e. The first kappa shape index (κ1) is 15.6. The third-order valence-corrected chi connectivity index (χ3v) is 3.21. The third kappa shape index (κ3) is 4.92. The van der Waals surface area contributed by atoms with Gasteiger partial charge in [0.05, 0.1) is 6.54 Å². The van der Waals surface area contributed by atoms with Crippen LogP contribution in [0.2, 0.25) is 0 Å². The van der Waals surface area contributed by atoms with Gasteiger partial charge in [-0.05, 0) is 52.2 Å². The second-order valence-electron chi connectivity index (χ2n) is 6.48. The molecule has 0 N–H and O–H groups in total. The fourth-order valence-electron chi connectivity index (χ4n) is 2.27. The van der Waals surface area contributed by atoms with Crippen LogP contribution in [0.25, 0.3) is 0 Å². The number of pyridine rings is 1. The molecule has 0 aromatic carbocycles. The summed E-state index contributed by atoms with van der Waals surface area (Å²) in [6, 6.07) is 3.84. The average Bonchev–Trinajstić information content (AvgIpc) is 2.37. The number of carbonyl (C=O) groups excluding carboxylic acids is 1. The van der Waals surface area contributed by atoms with Gasteiger partial charge in [0, 0.05) is 18.8 Å². The molecule has 0 radical (unpaired) electrons. The van der Waals surface area contributed by atoms with Crippen LogP contribution in [0.5, 0.6) is 5.88 Å². The molecule has 0 spiro atoms. The number of aromatic nitrogens is 1. The van der Waals surface area contributed by atoms with Crippen LogP contribution in [-0.2, 0) is 4.74 Å². The van der Waals surface area contributed by atoms with E-state index in [-0.39, 0.29) is 12.2 Å². The van der Waals surface area contributed by atoms with E-state index in [2.05, 4.69) is 4.98 Å². The van der Waals surface area contributed by atoms with Gasteiger partial charge in [0.2, 0.25) is 5.88 Å². The van der Waals surface area contributed by atoms with Gasteiger partial charge in [0.15, 0.2) is 0 Å². The van der Waals surface area contributed by atoms with Crippen molar-refractivity contribution in [3.05, 3.63) is 23.9 Å². The normalized spacial score (nSPS) is 19.2. The van der Waals surface area contributed by atoms with Crippen molar-refractivity contribution >= 4 is 6.09 Å². The molecule has 0 saturated carbocycles. The number of hydrogen-bond acceptors (Lipinski definition) is 4. The minimum absolute atomic E-state index is 0.0273. The summed E-state index contributed by atoms with van der Waals surface area (Å²) in [7, 11) is 0. The molecular weight excluding hydrogens is 268 g/mol. The number of rotatable bonds is 2. The van der Waals surface area contributed by atoms with Gasteiger partial charge in [0.25, 0.3) is 0 Å². The van der Waals surface area contributed by atoms with Crippen molar-refractivity contribution in [2.75, 3.05) is 13.1 Å². The van der Waals surface area contributed by atoms with E-state index in [0.717, 1.165) is 24.9 Å². The van der Waals surface area contributed by atoms with E-state index in [1.165, 1.54) is 0 Å². The van der Waals surface area contributed by atoms with E-state index in [0.29, 0.717) is 12.4 Å².